The minimum atomic E-state index is -0.130. The first-order valence-corrected chi connectivity index (χ1v) is 10.3. The third-order valence-corrected chi connectivity index (χ3v) is 5.77. The Morgan fingerprint density at radius 3 is 3.00 bits per heavy atom. The fraction of sp³-hybridized carbons (Fsp3) is 0.200. The zero-order valence-electron chi connectivity index (χ0n) is 15.7. The highest BCUT2D eigenvalue weighted by atomic mass is 32.1. The van der Waals surface area contributed by atoms with Crippen molar-refractivity contribution >= 4 is 46.9 Å². The molecule has 3 heterocycles. The largest absolute Gasteiger partial charge is 0.494 e. The molecule has 0 bridgehead atoms. The molecule has 7 nitrogen and oxygen atoms in total. The molecule has 0 aliphatic carbocycles. The third kappa shape index (κ3) is 4.06. The van der Waals surface area contributed by atoms with Crippen molar-refractivity contribution in [3.8, 4) is 5.88 Å². The average Bonchev–Trinajstić information content (AvgIpc) is 3.31. The fourth-order valence-corrected chi connectivity index (χ4v) is 4.18. The number of hydrogen-bond donors (Lipinski definition) is 3. The molecule has 1 aliphatic rings. The van der Waals surface area contributed by atoms with Gasteiger partial charge in [-0.2, -0.15) is 0 Å². The van der Waals surface area contributed by atoms with E-state index in [1.54, 1.807) is 24.7 Å². The number of aliphatic imine (C=N–C) groups is 1. The second-order valence-electron chi connectivity index (χ2n) is 6.62. The van der Waals surface area contributed by atoms with Gasteiger partial charge in [-0.3, -0.25) is 9.79 Å². The number of aryl methyl sites for hydroxylation is 2. The number of fused-ring (bicyclic) bond motifs is 1. The number of nitrogens with one attached hydrogen (secondary N) is 2. The Hall–Kier alpha value is -3.04. The van der Waals surface area contributed by atoms with Crippen LogP contribution in [-0.2, 0) is 6.54 Å². The molecule has 4 rings (SSSR count). The number of hydrogen-bond acceptors (Lipinski definition) is 6. The monoisotopic (exact) mass is 425 g/mol. The van der Waals surface area contributed by atoms with Crippen LogP contribution in [0.3, 0.4) is 0 Å². The Bertz CT molecular complexity index is 1170. The summed E-state index contributed by atoms with van der Waals surface area (Å²) in [5.74, 6) is 0.325. The van der Waals surface area contributed by atoms with Gasteiger partial charge >= 0.3 is 0 Å². The summed E-state index contributed by atoms with van der Waals surface area (Å²) in [6.07, 6.45) is 7.86. The number of amidine groups is 1. The molecule has 0 saturated carbocycles. The summed E-state index contributed by atoms with van der Waals surface area (Å²) in [5.41, 5.74) is 2.74. The maximum absolute atomic E-state index is 13.2. The van der Waals surface area contributed by atoms with E-state index in [9.17, 15) is 9.90 Å². The van der Waals surface area contributed by atoms with Gasteiger partial charge in [0.2, 0.25) is 5.88 Å². The van der Waals surface area contributed by atoms with Gasteiger partial charge in [0.25, 0.3) is 0 Å². The lowest BCUT2D eigenvalue weighted by Gasteiger charge is -2.23. The van der Waals surface area contributed by atoms with Crippen LogP contribution >= 0.6 is 23.6 Å². The first-order chi connectivity index (χ1) is 14.0. The van der Waals surface area contributed by atoms with E-state index in [2.05, 4.69) is 20.3 Å². The Labute approximate surface area is 176 Å². The van der Waals surface area contributed by atoms with Crippen molar-refractivity contribution < 1.29 is 9.90 Å². The lowest BCUT2D eigenvalue weighted by molar-refractivity contribution is 0.104. The SMILES string of the molecule is Cc1cccc2c1NC(=NCCCn1ccnc1)/C(=C/c1sc(=S)[nH]c1O)C2=O. The molecule has 3 aromatic rings. The van der Waals surface area contributed by atoms with E-state index in [0.717, 1.165) is 24.2 Å². The number of Topliss-reactive ketones (excluding diaryl/α,β-unsaturated/α-hetero) is 1. The molecule has 0 fully saturated rings. The van der Waals surface area contributed by atoms with Crippen LogP contribution in [0.2, 0.25) is 0 Å². The van der Waals surface area contributed by atoms with Crippen molar-refractivity contribution in [3.63, 3.8) is 0 Å². The molecule has 0 saturated heterocycles. The van der Waals surface area contributed by atoms with E-state index in [-0.39, 0.29) is 11.7 Å². The summed E-state index contributed by atoms with van der Waals surface area (Å²) in [6.45, 7) is 3.29. The van der Waals surface area contributed by atoms with E-state index in [0.29, 0.717) is 32.3 Å². The van der Waals surface area contributed by atoms with Gasteiger partial charge in [-0.1, -0.05) is 12.1 Å². The number of aromatic amines is 1. The van der Waals surface area contributed by atoms with Gasteiger partial charge in [-0.05, 0) is 43.3 Å². The maximum atomic E-state index is 13.2. The van der Waals surface area contributed by atoms with E-state index < -0.39 is 0 Å². The first kappa shape index (κ1) is 19.3. The third-order valence-electron chi connectivity index (χ3n) is 4.60. The van der Waals surface area contributed by atoms with Crippen LogP contribution in [0, 0.1) is 10.9 Å². The van der Waals surface area contributed by atoms with Crippen LogP contribution in [0.4, 0.5) is 5.69 Å². The number of benzene rings is 1. The molecular weight excluding hydrogens is 406 g/mol. The van der Waals surface area contributed by atoms with Gasteiger partial charge < -0.3 is 20.0 Å². The maximum Gasteiger partial charge on any atom is 0.207 e. The number of H-pyrrole nitrogens is 1. The molecule has 0 radical (unpaired) electrons. The molecule has 1 aliphatic heterocycles. The van der Waals surface area contributed by atoms with Gasteiger partial charge in [0.15, 0.2) is 9.74 Å². The fourth-order valence-electron chi connectivity index (χ4n) is 3.14. The number of rotatable bonds is 5. The van der Waals surface area contributed by atoms with E-state index in [4.69, 9.17) is 12.2 Å². The molecule has 0 unspecified atom stereocenters. The minimum Gasteiger partial charge on any atom is -0.494 e. The van der Waals surface area contributed by atoms with Gasteiger partial charge in [0, 0.05) is 31.0 Å². The molecule has 0 amide bonds. The predicted octanol–water partition coefficient (Wildman–Crippen LogP) is 4.20. The quantitative estimate of drug-likeness (QED) is 0.324. The molecule has 29 heavy (non-hydrogen) atoms. The molecule has 2 aromatic heterocycles. The van der Waals surface area contributed by atoms with Crippen LogP contribution in [0.25, 0.3) is 6.08 Å². The van der Waals surface area contributed by atoms with Gasteiger partial charge in [0.05, 0.1) is 22.5 Å². The standard InChI is InChI=1S/C20H19N5O2S2/c1-12-4-2-5-13-16(12)23-18(22-6-3-8-25-9-7-21-11-25)14(17(13)26)10-15-19(27)24-20(28)29-15/h2,4-5,7,9-11,27H,3,6,8H2,1H3,(H,22,23)(H,24,28)/b14-10+. The highest BCUT2D eigenvalue weighted by Gasteiger charge is 2.28. The van der Waals surface area contributed by atoms with E-state index in [1.165, 1.54) is 11.3 Å². The van der Waals surface area contributed by atoms with Crippen LogP contribution < -0.4 is 5.32 Å². The Morgan fingerprint density at radius 1 is 1.41 bits per heavy atom. The number of aromatic hydroxyl groups is 1. The predicted molar refractivity (Wildman–Crippen MR) is 117 cm³/mol. The number of carbonyl (C=O) groups is 1. The number of thiazole rings is 1. The van der Waals surface area contributed by atoms with Crippen molar-refractivity contribution in [1.82, 2.24) is 14.5 Å². The normalized spacial score (nSPS) is 16.2. The topological polar surface area (TPSA) is 95.3 Å². The summed E-state index contributed by atoms with van der Waals surface area (Å²) >= 11 is 6.30. The van der Waals surface area contributed by atoms with Crippen molar-refractivity contribution in [2.45, 2.75) is 19.9 Å². The van der Waals surface area contributed by atoms with Gasteiger partial charge in [0.1, 0.15) is 5.84 Å². The second-order valence-corrected chi connectivity index (χ2v) is 8.34. The second kappa shape index (κ2) is 8.14. The van der Waals surface area contributed by atoms with Crippen LogP contribution in [-0.4, -0.2) is 37.8 Å². The molecule has 0 spiro atoms. The summed E-state index contributed by atoms with van der Waals surface area (Å²) in [7, 11) is 0. The summed E-state index contributed by atoms with van der Waals surface area (Å²) in [5, 5.41) is 13.4. The summed E-state index contributed by atoms with van der Waals surface area (Å²) in [6, 6.07) is 5.60. The van der Waals surface area contributed by atoms with E-state index >= 15 is 0 Å². The molecule has 9 heteroatoms. The average molecular weight is 426 g/mol. The molecule has 1 aromatic carbocycles. The van der Waals surface area contributed by atoms with Crippen molar-refractivity contribution in [1.29, 1.82) is 0 Å². The molecular formula is C20H19N5O2S2. The van der Waals surface area contributed by atoms with Crippen LogP contribution in [0.15, 0.2) is 47.5 Å². The lowest BCUT2D eigenvalue weighted by Crippen LogP contribution is -2.28. The van der Waals surface area contributed by atoms with Crippen molar-refractivity contribution in [2.75, 3.05) is 11.9 Å². The van der Waals surface area contributed by atoms with Crippen LogP contribution in [0.5, 0.6) is 5.88 Å². The van der Waals surface area contributed by atoms with Gasteiger partial charge in [-0.15, -0.1) is 11.3 Å². The lowest BCUT2D eigenvalue weighted by atomic mass is 9.93. The Kier molecular flexibility index (Phi) is 5.41. The number of anilines is 1. The number of aromatic nitrogens is 3. The highest BCUT2D eigenvalue weighted by molar-refractivity contribution is 7.73. The number of ketones is 1. The number of imidazole rings is 1. The Morgan fingerprint density at radius 2 is 2.28 bits per heavy atom. The van der Waals surface area contributed by atoms with Crippen LogP contribution in [0.1, 0.15) is 27.2 Å². The van der Waals surface area contributed by atoms with Gasteiger partial charge in [-0.25, -0.2) is 4.98 Å². The first-order valence-electron chi connectivity index (χ1n) is 9.08. The molecule has 3 N–H and O–H groups in total. The number of para-hydroxylation sites is 1. The summed E-state index contributed by atoms with van der Waals surface area (Å²) < 4.78 is 2.43. The van der Waals surface area contributed by atoms with Crippen molar-refractivity contribution in [2.24, 2.45) is 4.99 Å². The highest BCUT2D eigenvalue weighted by Crippen LogP contribution is 2.32. The molecule has 148 valence electrons. The number of nitrogens with zero attached hydrogens (tertiary/aromatic N) is 3. The zero-order chi connectivity index (χ0) is 20.4. The van der Waals surface area contributed by atoms with Crippen molar-refractivity contribution in [3.05, 3.63) is 62.5 Å². The zero-order valence-corrected chi connectivity index (χ0v) is 17.3. The van der Waals surface area contributed by atoms with E-state index in [1.807, 2.05) is 29.8 Å². The summed E-state index contributed by atoms with van der Waals surface area (Å²) in [4.78, 5) is 25.1. The Balaban J connectivity index is 1.68. The minimum absolute atomic E-state index is 0.0465. The molecule has 0 atom stereocenters. The number of carbonyl (C=O) groups excluding carboxylic acids is 1. The smallest absolute Gasteiger partial charge is 0.207 e.